The Labute approximate surface area is 137 Å². The number of amides is 1. The molecule has 21 heavy (non-hydrogen) atoms. The van der Waals surface area contributed by atoms with Crippen LogP contribution in [0.25, 0.3) is 0 Å². The molecule has 0 spiro atoms. The van der Waals surface area contributed by atoms with E-state index in [2.05, 4.69) is 15.9 Å². The number of nitrogens with two attached hydrogens (primary N) is 1. The average molecular weight is 368 g/mol. The fraction of sp³-hybridized carbons (Fsp3) is 0.188. The van der Waals surface area contributed by atoms with Crippen molar-refractivity contribution in [3.63, 3.8) is 0 Å². The maximum Gasteiger partial charge on any atom is 0.256 e. The van der Waals surface area contributed by atoms with Gasteiger partial charge in [0.1, 0.15) is 0 Å². The van der Waals surface area contributed by atoms with Crippen LogP contribution in [0.3, 0.4) is 0 Å². The van der Waals surface area contributed by atoms with Gasteiger partial charge in [0.25, 0.3) is 5.91 Å². The number of hydrogen-bond acceptors (Lipinski definition) is 2. The van der Waals surface area contributed by atoms with Gasteiger partial charge in [0.05, 0.1) is 11.6 Å². The lowest BCUT2D eigenvalue weighted by molar-refractivity contribution is 0.0744. The minimum atomic E-state index is -0.144. The van der Waals surface area contributed by atoms with Gasteiger partial charge < -0.3 is 10.6 Å². The normalized spacial score (nSPS) is 12.0. The number of benzene rings is 2. The van der Waals surface area contributed by atoms with Crippen molar-refractivity contribution in [3.05, 3.63) is 63.1 Å². The van der Waals surface area contributed by atoms with Gasteiger partial charge in [-0.15, -0.1) is 0 Å². The summed E-state index contributed by atoms with van der Waals surface area (Å²) in [5, 5.41) is 0.647. The minimum Gasteiger partial charge on any atom is -0.398 e. The number of hydrogen-bond donors (Lipinski definition) is 1. The number of nitrogen functional groups attached to an aromatic ring is 1. The zero-order valence-electron chi connectivity index (χ0n) is 11.8. The first kappa shape index (κ1) is 15.9. The van der Waals surface area contributed by atoms with Crippen molar-refractivity contribution in [2.24, 2.45) is 0 Å². The summed E-state index contributed by atoms with van der Waals surface area (Å²) in [6, 6.07) is 12.6. The van der Waals surface area contributed by atoms with Gasteiger partial charge in [-0.25, -0.2) is 0 Å². The van der Waals surface area contributed by atoms with Gasteiger partial charge in [0, 0.05) is 22.2 Å². The summed E-state index contributed by atoms with van der Waals surface area (Å²) in [5.74, 6) is -0.132. The summed E-state index contributed by atoms with van der Waals surface area (Å²) in [4.78, 5) is 14.2. The molecule has 1 amide bonds. The van der Waals surface area contributed by atoms with Crippen LogP contribution in [0.1, 0.15) is 28.9 Å². The second kappa shape index (κ2) is 6.50. The summed E-state index contributed by atoms with van der Waals surface area (Å²) >= 11 is 9.53. The molecule has 2 aromatic carbocycles. The van der Waals surface area contributed by atoms with E-state index < -0.39 is 0 Å². The summed E-state index contributed by atoms with van der Waals surface area (Å²) in [6.45, 7) is 1.94. The predicted molar refractivity (Wildman–Crippen MR) is 90.5 cm³/mol. The van der Waals surface area contributed by atoms with Gasteiger partial charge in [-0.05, 0) is 36.8 Å². The van der Waals surface area contributed by atoms with Crippen LogP contribution in [-0.4, -0.2) is 17.9 Å². The molecular weight excluding hydrogens is 352 g/mol. The Bertz CT molecular complexity index is 675. The topological polar surface area (TPSA) is 46.3 Å². The fourth-order valence-electron chi connectivity index (χ4n) is 2.12. The fourth-order valence-corrected chi connectivity index (χ4v) is 2.79. The van der Waals surface area contributed by atoms with Gasteiger partial charge in [-0.3, -0.25) is 4.79 Å². The maximum absolute atomic E-state index is 12.6. The van der Waals surface area contributed by atoms with Crippen LogP contribution < -0.4 is 5.73 Å². The van der Waals surface area contributed by atoms with E-state index in [1.807, 2.05) is 31.2 Å². The van der Waals surface area contributed by atoms with E-state index in [1.165, 1.54) is 0 Å². The highest BCUT2D eigenvalue weighted by molar-refractivity contribution is 9.10. The van der Waals surface area contributed by atoms with Gasteiger partial charge >= 0.3 is 0 Å². The number of halogens is 2. The molecule has 0 fully saturated rings. The van der Waals surface area contributed by atoms with E-state index in [9.17, 15) is 4.79 Å². The SMILES string of the molecule is CC(c1ccccc1Cl)N(C)C(=O)c1ccc(Br)cc1N. The number of nitrogens with zero attached hydrogens (tertiary/aromatic N) is 1. The Kier molecular flexibility index (Phi) is 4.91. The Morgan fingerprint density at radius 2 is 1.95 bits per heavy atom. The molecule has 1 unspecified atom stereocenters. The Morgan fingerprint density at radius 1 is 1.29 bits per heavy atom. The van der Waals surface area contributed by atoms with Crippen LogP contribution in [-0.2, 0) is 0 Å². The highest BCUT2D eigenvalue weighted by Crippen LogP contribution is 2.28. The molecule has 0 saturated heterocycles. The van der Waals surface area contributed by atoms with Crippen molar-refractivity contribution < 1.29 is 4.79 Å². The van der Waals surface area contributed by atoms with E-state index in [1.54, 1.807) is 30.1 Å². The lowest BCUT2D eigenvalue weighted by Crippen LogP contribution is -2.30. The molecule has 2 N–H and O–H groups in total. The van der Waals surface area contributed by atoms with Crippen molar-refractivity contribution in [1.82, 2.24) is 4.90 Å². The standard InChI is InChI=1S/C16H16BrClN2O/c1-10(12-5-3-4-6-14(12)18)20(2)16(21)13-8-7-11(17)9-15(13)19/h3-10H,19H2,1-2H3. The van der Waals surface area contributed by atoms with Crippen molar-refractivity contribution in [2.75, 3.05) is 12.8 Å². The van der Waals surface area contributed by atoms with Crippen LogP contribution in [0, 0.1) is 0 Å². The van der Waals surface area contributed by atoms with E-state index in [-0.39, 0.29) is 11.9 Å². The summed E-state index contributed by atoms with van der Waals surface area (Å²) in [6.07, 6.45) is 0. The maximum atomic E-state index is 12.6. The molecule has 0 bridgehead atoms. The Balaban J connectivity index is 2.29. The number of carbonyl (C=O) groups is 1. The van der Waals surface area contributed by atoms with Gasteiger partial charge in [0.15, 0.2) is 0 Å². The van der Waals surface area contributed by atoms with E-state index in [0.717, 1.165) is 10.0 Å². The second-order valence-corrected chi connectivity index (χ2v) is 6.17. The predicted octanol–water partition coefficient (Wildman–Crippen LogP) is 4.52. The minimum absolute atomic E-state index is 0.132. The Hall–Kier alpha value is -1.52. The first-order valence-electron chi connectivity index (χ1n) is 6.48. The van der Waals surface area contributed by atoms with Crippen molar-refractivity contribution >= 4 is 39.1 Å². The highest BCUT2D eigenvalue weighted by atomic mass is 79.9. The molecule has 0 aromatic heterocycles. The first-order chi connectivity index (χ1) is 9.91. The third kappa shape index (κ3) is 3.39. The molecule has 0 heterocycles. The molecule has 0 aliphatic rings. The zero-order valence-corrected chi connectivity index (χ0v) is 14.1. The number of carbonyl (C=O) groups excluding carboxylic acids is 1. The van der Waals surface area contributed by atoms with E-state index in [0.29, 0.717) is 16.3 Å². The quantitative estimate of drug-likeness (QED) is 0.811. The van der Waals surface area contributed by atoms with Gasteiger partial charge in [-0.2, -0.15) is 0 Å². The van der Waals surface area contributed by atoms with Crippen molar-refractivity contribution in [3.8, 4) is 0 Å². The number of anilines is 1. The molecule has 0 aliphatic heterocycles. The zero-order chi connectivity index (χ0) is 15.6. The highest BCUT2D eigenvalue weighted by Gasteiger charge is 2.22. The van der Waals surface area contributed by atoms with E-state index in [4.69, 9.17) is 17.3 Å². The second-order valence-electron chi connectivity index (χ2n) is 4.85. The first-order valence-corrected chi connectivity index (χ1v) is 7.65. The van der Waals surface area contributed by atoms with Crippen LogP contribution >= 0.6 is 27.5 Å². The smallest absolute Gasteiger partial charge is 0.256 e. The molecule has 2 rings (SSSR count). The molecule has 3 nitrogen and oxygen atoms in total. The van der Waals surface area contributed by atoms with Crippen LogP contribution in [0.5, 0.6) is 0 Å². The third-order valence-electron chi connectivity index (χ3n) is 3.50. The molecular formula is C16H16BrClN2O. The van der Waals surface area contributed by atoms with Crippen molar-refractivity contribution in [1.29, 1.82) is 0 Å². The van der Waals surface area contributed by atoms with E-state index >= 15 is 0 Å². The molecule has 5 heteroatoms. The van der Waals surface area contributed by atoms with Gasteiger partial charge in [0.2, 0.25) is 0 Å². The van der Waals surface area contributed by atoms with Crippen LogP contribution in [0.2, 0.25) is 5.02 Å². The lowest BCUT2D eigenvalue weighted by Gasteiger charge is -2.26. The number of rotatable bonds is 3. The molecule has 1 atom stereocenters. The lowest BCUT2D eigenvalue weighted by atomic mass is 10.1. The Morgan fingerprint density at radius 3 is 2.57 bits per heavy atom. The summed E-state index contributed by atoms with van der Waals surface area (Å²) in [5.41, 5.74) is 7.77. The third-order valence-corrected chi connectivity index (χ3v) is 4.34. The monoisotopic (exact) mass is 366 g/mol. The molecule has 110 valence electrons. The van der Waals surface area contributed by atoms with Crippen LogP contribution in [0.4, 0.5) is 5.69 Å². The molecule has 0 saturated carbocycles. The largest absolute Gasteiger partial charge is 0.398 e. The summed E-state index contributed by atoms with van der Waals surface area (Å²) < 4.78 is 0.846. The van der Waals surface area contributed by atoms with Crippen molar-refractivity contribution in [2.45, 2.75) is 13.0 Å². The molecule has 2 aromatic rings. The summed E-state index contributed by atoms with van der Waals surface area (Å²) in [7, 11) is 1.75. The molecule has 0 aliphatic carbocycles. The average Bonchev–Trinajstić information content (AvgIpc) is 2.45. The molecule has 0 radical (unpaired) electrons. The van der Waals surface area contributed by atoms with Gasteiger partial charge in [-0.1, -0.05) is 45.7 Å². The van der Waals surface area contributed by atoms with Crippen LogP contribution in [0.15, 0.2) is 46.9 Å².